The zero-order valence-electron chi connectivity index (χ0n) is 18.1. The highest BCUT2D eigenvalue weighted by Gasteiger charge is 2.41. The van der Waals surface area contributed by atoms with Crippen LogP contribution in [0.4, 0.5) is 11.4 Å². The van der Waals surface area contributed by atoms with E-state index in [1.165, 1.54) is 0 Å². The summed E-state index contributed by atoms with van der Waals surface area (Å²) in [5.74, 6) is -0.203. The summed E-state index contributed by atoms with van der Waals surface area (Å²) in [5.41, 5.74) is 5.55. The van der Waals surface area contributed by atoms with Gasteiger partial charge in [0, 0.05) is 11.4 Å². The van der Waals surface area contributed by atoms with Gasteiger partial charge in [-0.2, -0.15) is 0 Å². The van der Waals surface area contributed by atoms with Gasteiger partial charge in [-0.05, 0) is 67.3 Å². The maximum Gasteiger partial charge on any atom is 0.254 e. The third kappa shape index (κ3) is 4.15. The van der Waals surface area contributed by atoms with E-state index in [4.69, 9.17) is 0 Å². The Bertz CT molecular complexity index is 1140. The highest BCUT2D eigenvalue weighted by molar-refractivity contribution is 6.15. The first-order chi connectivity index (χ1) is 15.0. The minimum Gasteiger partial charge on any atom is -0.301 e. The van der Waals surface area contributed by atoms with E-state index in [0.29, 0.717) is 0 Å². The molecular weight excluding hydrogens is 384 g/mol. The number of benzene rings is 3. The van der Waals surface area contributed by atoms with Crippen LogP contribution in [0.2, 0.25) is 0 Å². The van der Waals surface area contributed by atoms with Crippen molar-refractivity contribution in [3.63, 3.8) is 0 Å². The number of aryl methyl sites for hydroxylation is 2. The molecule has 0 radical (unpaired) electrons. The predicted molar refractivity (Wildman–Crippen MR) is 126 cm³/mol. The van der Waals surface area contributed by atoms with Crippen LogP contribution in [0.5, 0.6) is 0 Å². The van der Waals surface area contributed by atoms with Crippen LogP contribution in [0.3, 0.4) is 0 Å². The summed E-state index contributed by atoms with van der Waals surface area (Å²) in [7, 11) is 0. The molecule has 31 heavy (non-hydrogen) atoms. The fraction of sp³-hybridized carbons (Fsp3) is 0.185. The highest BCUT2D eigenvalue weighted by Crippen LogP contribution is 2.30. The van der Waals surface area contributed by atoms with Crippen LogP contribution < -0.4 is 9.80 Å². The molecule has 4 nitrogen and oxygen atoms in total. The van der Waals surface area contributed by atoms with E-state index >= 15 is 0 Å². The summed E-state index contributed by atoms with van der Waals surface area (Å²) in [6.45, 7) is 5.99. The van der Waals surface area contributed by atoms with E-state index in [1.54, 1.807) is 9.80 Å². The Morgan fingerprint density at radius 3 is 2.13 bits per heavy atom. The third-order valence-corrected chi connectivity index (χ3v) is 5.78. The zero-order valence-corrected chi connectivity index (χ0v) is 18.1. The van der Waals surface area contributed by atoms with Crippen molar-refractivity contribution in [3.8, 4) is 0 Å². The Morgan fingerprint density at radius 1 is 0.839 bits per heavy atom. The first kappa shape index (κ1) is 20.6. The number of carbonyl (C=O) groups is 2. The molecule has 0 bridgehead atoms. The Kier molecular flexibility index (Phi) is 5.72. The third-order valence-electron chi connectivity index (χ3n) is 5.78. The average Bonchev–Trinajstić information content (AvgIpc) is 2.78. The van der Waals surface area contributed by atoms with Gasteiger partial charge in [0.2, 0.25) is 5.91 Å². The molecule has 1 atom stereocenters. The molecule has 0 N–H and O–H groups in total. The normalized spacial score (nSPS) is 17.3. The van der Waals surface area contributed by atoms with Crippen molar-refractivity contribution >= 4 is 29.3 Å². The Morgan fingerprint density at radius 2 is 1.48 bits per heavy atom. The van der Waals surface area contributed by atoms with Crippen molar-refractivity contribution < 1.29 is 9.59 Å². The molecular formula is C27H26N2O2. The second-order valence-corrected chi connectivity index (χ2v) is 7.99. The molecule has 1 aliphatic rings. The van der Waals surface area contributed by atoms with Crippen LogP contribution in [0.1, 0.15) is 23.6 Å². The van der Waals surface area contributed by atoms with E-state index in [9.17, 15) is 9.59 Å². The van der Waals surface area contributed by atoms with Gasteiger partial charge in [-0.3, -0.25) is 14.5 Å². The van der Waals surface area contributed by atoms with Gasteiger partial charge in [0.05, 0.1) is 0 Å². The molecule has 1 heterocycles. The predicted octanol–water partition coefficient (Wildman–Crippen LogP) is 5.16. The monoisotopic (exact) mass is 410 g/mol. The molecule has 0 spiro atoms. The highest BCUT2D eigenvalue weighted by atomic mass is 16.2. The number of hydrogen-bond donors (Lipinski definition) is 0. The minimum absolute atomic E-state index is 0.0192. The Balaban J connectivity index is 1.79. The molecule has 1 aliphatic heterocycles. The molecule has 3 aromatic carbocycles. The van der Waals surface area contributed by atoms with E-state index < -0.39 is 6.04 Å². The summed E-state index contributed by atoms with van der Waals surface area (Å²) in [6.07, 6.45) is 1.98. The number of carbonyl (C=O) groups excluding carboxylic acids is 2. The summed E-state index contributed by atoms with van der Waals surface area (Å²) in [4.78, 5) is 30.4. The Labute approximate surface area is 183 Å². The van der Waals surface area contributed by atoms with E-state index in [1.807, 2.05) is 106 Å². The number of rotatable bonds is 4. The first-order valence-electron chi connectivity index (χ1n) is 10.4. The van der Waals surface area contributed by atoms with Gasteiger partial charge in [-0.25, -0.2) is 0 Å². The second-order valence-electron chi connectivity index (χ2n) is 7.99. The maximum absolute atomic E-state index is 13.8. The quantitative estimate of drug-likeness (QED) is 0.596. The molecule has 1 fully saturated rings. The molecule has 3 aromatic rings. The van der Waals surface area contributed by atoms with E-state index in [0.717, 1.165) is 33.6 Å². The standard InChI is InChI=1S/C27H26N2O2/c1-19-14-15-24(17-20(19)2)28-18-25(30)29(23-12-8-5-9-13-23)26(27(28)31)21(3)16-22-10-6-4-7-11-22/h4-17,26H,18H2,1-3H3/b21-16-/t26-/m1/s1. The molecule has 2 amide bonds. The number of amides is 2. The van der Waals surface area contributed by atoms with Crippen LogP contribution in [0.15, 0.2) is 84.4 Å². The van der Waals surface area contributed by atoms with Crippen LogP contribution in [0, 0.1) is 13.8 Å². The van der Waals surface area contributed by atoms with Crippen LogP contribution >= 0.6 is 0 Å². The first-order valence-corrected chi connectivity index (χ1v) is 10.4. The average molecular weight is 411 g/mol. The lowest BCUT2D eigenvalue weighted by Gasteiger charge is -2.41. The fourth-order valence-electron chi connectivity index (χ4n) is 3.97. The summed E-state index contributed by atoms with van der Waals surface area (Å²) in [5, 5.41) is 0. The number of para-hydroxylation sites is 1. The van der Waals surface area contributed by atoms with Crippen LogP contribution in [-0.2, 0) is 9.59 Å². The van der Waals surface area contributed by atoms with E-state index in [-0.39, 0.29) is 18.4 Å². The van der Waals surface area contributed by atoms with Gasteiger partial charge in [0.25, 0.3) is 5.91 Å². The number of nitrogens with zero attached hydrogens (tertiary/aromatic N) is 2. The topological polar surface area (TPSA) is 40.6 Å². The van der Waals surface area contributed by atoms with Gasteiger partial charge >= 0.3 is 0 Å². The molecule has 1 saturated heterocycles. The lowest BCUT2D eigenvalue weighted by molar-refractivity contribution is -0.127. The molecule has 4 rings (SSSR count). The largest absolute Gasteiger partial charge is 0.301 e. The van der Waals surface area contributed by atoms with Gasteiger partial charge in [-0.15, -0.1) is 0 Å². The summed E-state index contributed by atoms with van der Waals surface area (Å²) < 4.78 is 0. The molecule has 0 unspecified atom stereocenters. The Hall–Kier alpha value is -3.66. The van der Waals surface area contributed by atoms with Gasteiger partial charge in [0.15, 0.2) is 0 Å². The zero-order chi connectivity index (χ0) is 22.0. The summed E-state index contributed by atoms with van der Waals surface area (Å²) >= 11 is 0. The molecule has 0 aliphatic carbocycles. The SMILES string of the molecule is C/C(=C/c1ccccc1)[C@@H]1C(=O)N(c2ccc(C)c(C)c2)CC(=O)N1c1ccccc1. The molecule has 0 aromatic heterocycles. The fourth-order valence-corrected chi connectivity index (χ4v) is 3.97. The van der Waals surface area contributed by atoms with Crippen molar-refractivity contribution in [2.75, 3.05) is 16.3 Å². The molecule has 156 valence electrons. The summed E-state index contributed by atoms with van der Waals surface area (Å²) in [6, 6.07) is 24.5. The molecule has 4 heteroatoms. The van der Waals surface area contributed by atoms with Crippen molar-refractivity contribution in [2.24, 2.45) is 0 Å². The van der Waals surface area contributed by atoms with Crippen molar-refractivity contribution in [2.45, 2.75) is 26.8 Å². The smallest absolute Gasteiger partial charge is 0.254 e. The van der Waals surface area contributed by atoms with Crippen molar-refractivity contribution in [3.05, 3.63) is 101 Å². The minimum atomic E-state index is -0.703. The number of anilines is 2. The van der Waals surface area contributed by atoms with Gasteiger partial charge in [0.1, 0.15) is 12.6 Å². The lowest BCUT2D eigenvalue weighted by atomic mass is 9.98. The second kappa shape index (κ2) is 8.60. The van der Waals surface area contributed by atoms with Gasteiger partial charge < -0.3 is 4.90 Å². The molecule has 0 saturated carbocycles. The van der Waals surface area contributed by atoms with E-state index in [2.05, 4.69) is 0 Å². The lowest BCUT2D eigenvalue weighted by Crippen LogP contribution is -2.61. The van der Waals surface area contributed by atoms with Gasteiger partial charge in [-0.1, -0.05) is 60.7 Å². The van der Waals surface area contributed by atoms with Crippen LogP contribution in [-0.4, -0.2) is 24.4 Å². The van der Waals surface area contributed by atoms with Crippen molar-refractivity contribution in [1.29, 1.82) is 0 Å². The van der Waals surface area contributed by atoms with Crippen molar-refractivity contribution in [1.82, 2.24) is 0 Å². The maximum atomic E-state index is 13.8. The van der Waals surface area contributed by atoms with Crippen LogP contribution in [0.25, 0.3) is 6.08 Å². The number of piperazine rings is 1. The number of hydrogen-bond acceptors (Lipinski definition) is 2.